The third kappa shape index (κ3) is 3.69. The Morgan fingerprint density at radius 3 is 2.75 bits per heavy atom. The monoisotopic (exact) mass is 355 g/mol. The molecule has 7 heteroatoms. The maximum absolute atomic E-state index is 12.4. The summed E-state index contributed by atoms with van der Waals surface area (Å²) >= 11 is 13.5. The summed E-state index contributed by atoms with van der Waals surface area (Å²) in [5.74, 6) is 0.275. The minimum Gasteiger partial charge on any atom is -0.309 e. The lowest BCUT2D eigenvalue weighted by atomic mass is 10.0. The zero-order valence-electron chi connectivity index (χ0n) is 11.4. The van der Waals surface area contributed by atoms with Gasteiger partial charge in [-0.3, -0.25) is 0 Å². The fourth-order valence-electron chi connectivity index (χ4n) is 2.66. The lowest BCUT2D eigenvalue weighted by molar-refractivity contribution is 0.447. The zero-order chi connectivity index (χ0) is 14.8. The molecule has 1 aliphatic heterocycles. The molecule has 0 spiro atoms. The zero-order valence-corrected chi connectivity index (χ0v) is 14.5. The summed E-state index contributed by atoms with van der Waals surface area (Å²) in [6.45, 7) is 2.82. The van der Waals surface area contributed by atoms with E-state index in [-0.39, 0.29) is 11.8 Å². The summed E-state index contributed by atoms with van der Waals surface area (Å²) in [4.78, 5) is 0. The predicted molar refractivity (Wildman–Crippen MR) is 86.8 cm³/mol. The van der Waals surface area contributed by atoms with Crippen molar-refractivity contribution >= 4 is 44.4 Å². The van der Waals surface area contributed by atoms with Crippen LogP contribution in [0.15, 0.2) is 6.07 Å². The summed E-state index contributed by atoms with van der Waals surface area (Å²) < 4.78 is 25.9. The van der Waals surface area contributed by atoms with E-state index < -0.39 is 15.1 Å². The molecular weight excluding hydrogens is 337 g/mol. The van der Waals surface area contributed by atoms with Crippen molar-refractivity contribution in [2.75, 3.05) is 12.3 Å². The van der Waals surface area contributed by atoms with E-state index in [1.54, 1.807) is 6.07 Å². The minimum atomic E-state index is -3.07. The molecule has 1 fully saturated rings. The van der Waals surface area contributed by atoms with Crippen LogP contribution >= 0.6 is 34.5 Å². The molecule has 1 aliphatic rings. The lowest BCUT2D eigenvalue weighted by Crippen LogP contribution is -2.40. The molecule has 20 heavy (non-hydrogen) atoms. The first kappa shape index (κ1) is 16.6. The molecule has 0 aliphatic carbocycles. The summed E-state index contributed by atoms with van der Waals surface area (Å²) in [5, 5.41) is 2.95. The molecule has 0 radical (unpaired) electrons. The van der Waals surface area contributed by atoms with Crippen molar-refractivity contribution in [3.05, 3.63) is 20.3 Å². The first-order valence-corrected chi connectivity index (χ1v) is 10.1. The van der Waals surface area contributed by atoms with Crippen molar-refractivity contribution in [2.45, 2.75) is 43.9 Å². The average Bonchev–Trinajstić information content (AvgIpc) is 2.70. The highest BCUT2D eigenvalue weighted by Gasteiger charge is 2.37. The first-order valence-electron chi connectivity index (χ1n) is 6.85. The van der Waals surface area contributed by atoms with Crippen molar-refractivity contribution in [2.24, 2.45) is 0 Å². The van der Waals surface area contributed by atoms with E-state index in [1.807, 2.05) is 0 Å². The SMILES string of the molecule is CCCNC(c1cc(Cl)sc1Cl)C1CCCCS1(=O)=O. The van der Waals surface area contributed by atoms with Crippen molar-refractivity contribution in [3.63, 3.8) is 0 Å². The largest absolute Gasteiger partial charge is 0.309 e. The molecule has 2 heterocycles. The van der Waals surface area contributed by atoms with Crippen molar-refractivity contribution in [1.29, 1.82) is 0 Å². The number of hydrogen-bond donors (Lipinski definition) is 1. The Morgan fingerprint density at radius 2 is 2.20 bits per heavy atom. The number of nitrogens with one attached hydrogen (secondary N) is 1. The highest BCUT2D eigenvalue weighted by Crippen LogP contribution is 2.39. The maximum atomic E-state index is 12.4. The fourth-order valence-corrected chi connectivity index (χ4v) is 6.30. The standard InChI is InChI=1S/C13H19Cl2NO2S2/c1-2-6-16-12(9-8-11(14)19-13(9)15)10-5-3-4-7-20(10,17)18/h8,10,12,16H,2-7H2,1H3. The van der Waals surface area contributed by atoms with Crippen LogP contribution in [-0.4, -0.2) is 26.0 Å². The van der Waals surface area contributed by atoms with Gasteiger partial charge in [-0.2, -0.15) is 0 Å². The van der Waals surface area contributed by atoms with Gasteiger partial charge < -0.3 is 5.32 Å². The molecule has 0 saturated carbocycles. The molecule has 0 aromatic carbocycles. The second kappa shape index (κ2) is 6.97. The Balaban J connectivity index is 2.34. The Morgan fingerprint density at radius 1 is 1.45 bits per heavy atom. The second-order valence-corrected chi connectivity index (χ2v) is 9.74. The topological polar surface area (TPSA) is 46.2 Å². The molecule has 114 valence electrons. The molecule has 2 unspecified atom stereocenters. The Kier molecular flexibility index (Phi) is 5.77. The van der Waals surface area contributed by atoms with E-state index in [4.69, 9.17) is 23.2 Å². The van der Waals surface area contributed by atoms with E-state index in [2.05, 4.69) is 12.2 Å². The maximum Gasteiger partial charge on any atom is 0.155 e. The van der Waals surface area contributed by atoms with Gasteiger partial charge in [-0.25, -0.2) is 8.42 Å². The average molecular weight is 356 g/mol. The number of sulfone groups is 1. The molecule has 0 bridgehead atoms. The molecule has 2 atom stereocenters. The highest BCUT2D eigenvalue weighted by atomic mass is 35.5. The van der Waals surface area contributed by atoms with E-state index in [0.29, 0.717) is 15.1 Å². The van der Waals surface area contributed by atoms with Crippen LogP contribution in [0.25, 0.3) is 0 Å². The Hall–Kier alpha value is 0.190. The van der Waals surface area contributed by atoms with Gasteiger partial charge in [0.05, 0.1) is 25.7 Å². The Labute approximate surface area is 134 Å². The Bertz CT molecular complexity index is 557. The molecule has 2 rings (SSSR count). The molecule has 3 nitrogen and oxygen atoms in total. The fraction of sp³-hybridized carbons (Fsp3) is 0.692. The van der Waals surface area contributed by atoms with Gasteiger partial charge in [0, 0.05) is 5.56 Å². The summed E-state index contributed by atoms with van der Waals surface area (Å²) in [6.07, 6.45) is 3.34. The van der Waals surface area contributed by atoms with Crippen LogP contribution in [0.1, 0.15) is 44.2 Å². The summed E-state index contributed by atoms with van der Waals surface area (Å²) in [7, 11) is -3.07. The predicted octanol–water partition coefficient (Wildman–Crippen LogP) is 4.06. The van der Waals surface area contributed by atoms with E-state index >= 15 is 0 Å². The van der Waals surface area contributed by atoms with Gasteiger partial charge in [0.1, 0.15) is 0 Å². The smallest absolute Gasteiger partial charge is 0.155 e. The number of hydrogen-bond acceptors (Lipinski definition) is 4. The van der Waals surface area contributed by atoms with Crippen molar-refractivity contribution < 1.29 is 8.42 Å². The first-order chi connectivity index (χ1) is 9.45. The second-order valence-electron chi connectivity index (χ2n) is 5.11. The highest BCUT2D eigenvalue weighted by molar-refractivity contribution is 7.92. The van der Waals surface area contributed by atoms with Gasteiger partial charge in [0.25, 0.3) is 0 Å². The van der Waals surface area contributed by atoms with E-state index in [0.717, 1.165) is 31.4 Å². The third-order valence-corrected chi connectivity index (χ3v) is 7.44. The number of thiophene rings is 1. The van der Waals surface area contributed by atoms with Crippen molar-refractivity contribution in [3.8, 4) is 0 Å². The summed E-state index contributed by atoms with van der Waals surface area (Å²) in [5.41, 5.74) is 0.825. The van der Waals surface area contributed by atoms with Gasteiger partial charge in [0.15, 0.2) is 9.84 Å². The molecular formula is C13H19Cl2NO2S2. The van der Waals surface area contributed by atoms with E-state index in [1.165, 1.54) is 11.3 Å². The quantitative estimate of drug-likeness (QED) is 0.865. The lowest BCUT2D eigenvalue weighted by Gasteiger charge is -2.30. The van der Waals surface area contributed by atoms with Crippen LogP contribution in [0.4, 0.5) is 0 Å². The minimum absolute atomic E-state index is 0.253. The molecule has 1 aromatic heterocycles. The molecule has 1 aromatic rings. The van der Waals surface area contributed by atoms with Crippen LogP contribution in [-0.2, 0) is 9.84 Å². The third-order valence-electron chi connectivity index (χ3n) is 3.63. The molecule has 1 N–H and O–H groups in total. The van der Waals surface area contributed by atoms with Gasteiger partial charge in [-0.15, -0.1) is 11.3 Å². The van der Waals surface area contributed by atoms with Crippen LogP contribution in [0.5, 0.6) is 0 Å². The molecule has 0 amide bonds. The van der Waals surface area contributed by atoms with Gasteiger partial charge in [-0.1, -0.05) is 36.5 Å². The number of halogens is 2. The van der Waals surface area contributed by atoms with Crippen LogP contribution < -0.4 is 5.32 Å². The number of rotatable bonds is 5. The van der Waals surface area contributed by atoms with Gasteiger partial charge in [-0.05, 0) is 31.9 Å². The van der Waals surface area contributed by atoms with Gasteiger partial charge in [0.2, 0.25) is 0 Å². The summed E-state index contributed by atoms with van der Waals surface area (Å²) in [6, 6.07) is 1.54. The van der Waals surface area contributed by atoms with Gasteiger partial charge >= 0.3 is 0 Å². The normalized spacial score (nSPS) is 23.6. The van der Waals surface area contributed by atoms with Crippen molar-refractivity contribution in [1.82, 2.24) is 5.32 Å². The van der Waals surface area contributed by atoms with Crippen LogP contribution in [0, 0.1) is 0 Å². The van der Waals surface area contributed by atoms with Crippen LogP contribution in [0.3, 0.4) is 0 Å². The van der Waals surface area contributed by atoms with E-state index in [9.17, 15) is 8.42 Å². The molecule has 1 saturated heterocycles. The van der Waals surface area contributed by atoms with Crippen LogP contribution in [0.2, 0.25) is 8.67 Å².